The molecule has 1 aromatic heterocycles. The Labute approximate surface area is 159 Å². The maximum Gasteiger partial charge on any atom is 0.229 e. The largest absolute Gasteiger partial charge is 0.340 e. The van der Waals surface area contributed by atoms with Gasteiger partial charge in [0.15, 0.2) is 0 Å². The minimum Gasteiger partial charge on any atom is -0.340 e. The number of para-hydroxylation sites is 1. The van der Waals surface area contributed by atoms with Crippen molar-refractivity contribution in [3.63, 3.8) is 0 Å². The molecule has 3 rings (SSSR count). The predicted octanol–water partition coefficient (Wildman–Crippen LogP) is 5.01. The van der Waals surface area contributed by atoms with Crippen LogP contribution in [0.15, 0.2) is 60.7 Å². The molecule has 138 valence electrons. The van der Waals surface area contributed by atoms with Crippen molar-refractivity contribution >= 4 is 34.7 Å². The monoisotopic (exact) mass is 361 g/mol. The van der Waals surface area contributed by atoms with Crippen LogP contribution >= 0.6 is 0 Å². The standard InChI is InChI=1S/C21H23N5O/c1-3-7-20(27)24-17-10-12-18(13-11-17)25-21-22-15(2)14-19(26-21)23-16-8-5-4-6-9-16/h4-6,8-14H,3,7H2,1-2H3,(H,24,27)(H2,22,23,25,26). The highest BCUT2D eigenvalue weighted by molar-refractivity contribution is 5.90. The lowest BCUT2D eigenvalue weighted by atomic mass is 10.2. The van der Waals surface area contributed by atoms with Crippen LogP contribution in [-0.2, 0) is 4.79 Å². The van der Waals surface area contributed by atoms with Crippen LogP contribution in [0.2, 0.25) is 0 Å². The predicted molar refractivity (Wildman–Crippen MR) is 110 cm³/mol. The van der Waals surface area contributed by atoms with E-state index in [0.29, 0.717) is 12.4 Å². The van der Waals surface area contributed by atoms with Crippen LogP contribution < -0.4 is 16.0 Å². The van der Waals surface area contributed by atoms with Gasteiger partial charge in [0.25, 0.3) is 0 Å². The molecule has 3 N–H and O–H groups in total. The number of amides is 1. The Morgan fingerprint density at radius 2 is 1.56 bits per heavy atom. The summed E-state index contributed by atoms with van der Waals surface area (Å²) < 4.78 is 0. The highest BCUT2D eigenvalue weighted by atomic mass is 16.1. The van der Waals surface area contributed by atoms with Crippen LogP contribution in [0.5, 0.6) is 0 Å². The maximum absolute atomic E-state index is 11.7. The molecule has 0 spiro atoms. The molecule has 0 saturated carbocycles. The second-order valence-corrected chi connectivity index (χ2v) is 6.21. The quantitative estimate of drug-likeness (QED) is 0.551. The average molecular weight is 361 g/mol. The van der Waals surface area contributed by atoms with Gasteiger partial charge in [0.2, 0.25) is 11.9 Å². The Kier molecular flexibility index (Phi) is 5.99. The number of hydrogen-bond acceptors (Lipinski definition) is 5. The van der Waals surface area contributed by atoms with Crippen LogP contribution in [0.25, 0.3) is 0 Å². The van der Waals surface area contributed by atoms with Crippen molar-refractivity contribution in [3.05, 3.63) is 66.4 Å². The minimum atomic E-state index is 0.0249. The van der Waals surface area contributed by atoms with E-state index in [1.807, 2.05) is 74.5 Å². The van der Waals surface area contributed by atoms with Crippen molar-refractivity contribution in [2.45, 2.75) is 26.7 Å². The highest BCUT2D eigenvalue weighted by Gasteiger charge is 2.05. The molecule has 0 saturated heterocycles. The third-order valence-electron chi connectivity index (χ3n) is 3.80. The van der Waals surface area contributed by atoms with Gasteiger partial charge in [-0.1, -0.05) is 25.1 Å². The van der Waals surface area contributed by atoms with Crippen molar-refractivity contribution in [1.29, 1.82) is 0 Å². The number of aromatic nitrogens is 2. The van der Waals surface area contributed by atoms with Crippen LogP contribution in [-0.4, -0.2) is 15.9 Å². The number of aryl methyl sites for hydroxylation is 1. The van der Waals surface area contributed by atoms with Crippen LogP contribution in [0.4, 0.5) is 28.8 Å². The summed E-state index contributed by atoms with van der Waals surface area (Å²) in [6.07, 6.45) is 1.35. The fraction of sp³-hybridized carbons (Fsp3) is 0.190. The third kappa shape index (κ3) is 5.54. The molecule has 3 aromatic rings. The zero-order valence-corrected chi connectivity index (χ0v) is 15.5. The zero-order chi connectivity index (χ0) is 19.1. The summed E-state index contributed by atoms with van der Waals surface area (Å²) in [5, 5.41) is 9.35. The fourth-order valence-electron chi connectivity index (χ4n) is 2.57. The topological polar surface area (TPSA) is 78.9 Å². The molecule has 0 radical (unpaired) electrons. The lowest BCUT2D eigenvalue weighted by Crippen LogP contribution is -2.10. The van der Waals surface area contributed by atoms with Crippen molar-refractivity contribution < 1.29 is 4.79 Å². The second kappa shape index (κ2) is 8.80. The zero-order valence-electron chi connectivity index (χ0n) is 15.5. The van der Waals surface area contributed by atoms with Gasteiger partial charge in [-0.25, -0.2) is 4.98 Å². The van der Waals surface area contributed by atoms with Gasteiger partial charge in [-0.3, -0.25) is 4.79 Å². The van der Waals surface area contributed by atoms with Gasteiger partial charge in [-0.15, -0.1) is 0 Å². The average Bonchev–Trinajstić information content (AvgIpc) is 2.64. The first-order chi connectivity index (χ1) is 13.1. The number of benzene rings is 2. The summed E-state index contributed by atoms with van der Waals surface area (Å²) in [5.74, 6) is 1.26. The van der Waals surface area contributed by atoms with E-state index < -0.39 is 0 Å². The molecule has 0 atom stereocenters. The van der Waals surface area contributed by atoms with Gasteiger partial charge >= 0.3 is 0 Å². The van der Waals surface area contributed by atoms with Gasteiger partial charge < -0.3 is 16.0 Å². The first-order valence-electron chi connectivity index (χ1n) is 8.97. The van der Waals surface area contributed by atoms with Crippen molar-refractivity contribution in [1.82, 2.24) is 9.97 Å². The Morgan fingerprint density at radius 3 is 2.26 bits per heavy atom. The molecule has 27 heavy (non-hydrogen) atoms. The van der Waals surface area contributed by atoms with Gasteiger partial charge in [0, 0.05) is 35.2 Å². The first-order valence-corrected chi connectivity index (χ1v) is 8.97. The van der Waals surface area contributed by atoms with Crippen molar-refractivity contribution in [2.75, 3.05) is 16.0 Å². The highest BCUT2D eigenvalue weighted by Crippen LogP contribution is 2.20. The molecular formula is C21H23N5O. The number of nitrogens with zero attached hydrogens (tertiary/aromatic N) is 2. The molecule has 0 aliphatic carbocycles. The first kappa shape index (κ1) is 18.4. The summed E-state index contributed by atoms with van der Waals surface area (Å²) in [5.41, 5.74) is 3.44. The van der Waals surface area contributed by atoms with E-state index in [1.54, 1.807) is 0 Å². The third-order valence-corrected chi connectivity index (χ3v) is 3.80. The number of rotatable bonds is 7. The molecule has 1 amide bonds. The Morgan fingerprint density at radius 1 is 0.889 bits per heavy atom. The molecule has 0 fully saturated rings. The number of carbonyl (C=O) groups is 1. The molecule has 0 bridgehead atoms. The van der Waals surface area contributed by atoms with E-state index in [1.165, 1.54) is 0 Å². The molecular weight excluding hydrogens is 338 g/mol. The number of anilines is 5. The van der Waals surface area contributed by atoms with E-state index in [4.69, 9.17) is 0 Å². The lowest BCUT2D eigenvalue weighted by molar-refractivity contribution is -0.116. The van der Waals surface area contributed by atoms with E-state index in [2.05, 4.69) is 25.9 Å². The molecule has 0 aliphatic heterocycles. The summed E-state index contributed by atoms with van der Waals surface area (Å²) >= 11 is 0. The number of hydrogen-bond donors (Lipinski definition) is 3. The summed E-state index contributed by atoms with van der Waals surface area (Å²) in [7, 11) is 0. The second-order valence-electron chi connectivity index (χ2n) is 6.21. The summed E-state index contributed by atoms with van der Waals surface area (Å²) in [6.45, 7) is 3.91. The maximum atomic E-state index is 11.7. The normalized spacial score (nSPS) is 10.3. The summed E-state index contributed by atoms with van der Waals surface area (Å²) in [4.78, 5) is 20.6. The molecule has 0 aliphatic rings. The Balaban J connectivity index is 1.69. The van der Waals surface area contributed by atoms with Crippen LogP contribution in [0, 0.1) is 6.92 Å². The van der Waals surface area contributed by atoms with Gasteiger partial charge in [0.05, 0.1) is 0 Å². The number of carbonyl (C=O) groups excluding carboxylic acids is 1. The van der Waals surface area contributed by atoms with E-state index >= 15 is 0 Å². The molecule has 2 aromatic carbocycles. The Hall–Kier alpha value is -3.41. The molecule has 6 heteroatoms. The van der Waals surface area contributed by atoms with Crippen LogP contribution in [0.3, 0.4) is 0 Å². The van der Waals surface area contributed by atoms with Gasteiger partial charge in [0.1, 0.15) is 5.82 Å². The Bertz CT molecular complexity index is 894. The molecule has 0 unspecified atom stereocenters. The van der Waals surface area contributed by atoms with E-state index in [9.17, 15) is 4.79 Å². The summed E-state index contributed by atoms with van der Waals surface area (Å²) in [6, 6.07) is 19.2. The fourth-order valence-corrected chi connectivity index (χ4v) is 2.57. The van der Waals surface area contributed by atoms with E-state index in [0.717, 1.165) is 35.0 Å². The smallest absolute Gasteiger partial charge is 0.229 e. The van der Waals surface area contributed by atoms with Gasteiger partial charge in [-0.05, 0) is 49.7 Å². The molecule has 1 heterocycles. The minimum absolute atomic E-state index is 0.0249. The van der Waals surface area contributed by atoms with E-state index in [-0.39, 0.29) is 5.91 Å². The van der Waals surface area contributed by atoms with Gasteiger partial charge in [-0.2, -0.15) is 4.98 Å². The van der Waals surface area contributed by atoms with Crippen molar-refractivity contribution in [2.24, 2.45) is 0 Å². The molecule has 6 nitrogen and oxygen atoms in total. The SMILES string of the molecule is CCCC(=O)Nc1ccc(Nc2nc(C)cc(Nc3ccccc3)n2)cc1. The van der Waals surface area contributed by atoms with Crippen molar-refractivity contribution in [3.8, 4) is 0 Å². The number of nitrogens with one attached hydrogen (secondary N) is 3. The lowest BCUT2D eigenvalue weighted by Gasteiger charge is -2.11. The van der Waals surface area contributed by atoms with Crippen LogP contribution in [0.1, 0.15) is 25.5 Å².